The lowest BCUT2D eigenvalue weighted by molar-refractivity contribution is 0.300. The summed E-state index contributed by atoms with van der Waals surface area (Å²) in [7, 11) is 0. The summed E-state index contributed by atoms with van der Waals surface area (Å²) in [5, 5.41) is 3.83. The lowest BCUT2D eigenvalue weighted by atomic mass is 9.86. The fourth-order valence-corrected chi connectivity index (χ4v) is 3.97. The molecule has 18 heavy (non-hydrogen) atoms. The van der Waals surface area contributed by atoms with Crippen molar-refractivity contribution in [3.8, 4) is 0 Å². The normalized spacial score (nSPS) is 25.8. The van der Waals surface area contributed by atoms with Crippen LogP contribution in [0.5, 0.6) is 0 Å². The van der Waals surface area contributed by atoms with Crippen molar-refractivity contribution in [2.75, 3.05) is 6.54 Å². The lowest BCUT2D eigenvalue weighted by Gasteiger charge is -2.26. The van der Waals surface area contributed by atoms with Gasteiger partial charge in [-0.2, -0.15) is 0 Å². The van der Waals surface area contributed by atoms with Gasteiger partial charge in [-0.15, -0.1) is 0 Å². The number of rotatable bonds is 5. The highest BCUT2D eigenvalue weighted by Crippen LogP contribution is 2.27. The third-order valence-corrected chi connectivity index (χ3v) is 5.35. The molecule has 0 aromatic heterocycles. The van der Waals surface area contributed by atoms with Crippen molar-refractivity contribution >= 4 is 0 Å². The van der Waals surface area contributed by atoms with Crippen molar-refractivity contribution in [3.05, 3.63) is 0 Å². The van der Waals surface area contributed by atoms with Crippen molar-refractivity contribution in [1.29, 1.82) is 0 Å². The van der Waals surface area contributed by atoms with E-state index in [2.05, 4.69) is 12.2 Å². The van der Waals surface area contributed by atoms with Gasteiger partial charge in [-0.25, -0.2) is 0 Å². The molecule has 2 rings (SSSR count). The van der Waals surface area contributed by atoms with Gasteiger partial charge in [0.2, 0.25) is 0 Å². The van der Waals surface area contributed by atoms with Crippen LogP contribution in [0.1, 0.15) is 84.0 Å². The Kier molecular flexibility index (Phi) is 6.54. The van der Waals surface area contributed by atoms with Crippen LogP contribution in [0, 0.1) is 11.8 Å². The molecule has 1 N–H and O–H groups in total. The van der Waals surface area contributed by atoms with Gasteiger partial charge >= 0.3 is 0 Å². The van der Waals surface area contributed by atoms with Crippen LogP contribution in [0.2, 0.25) is 0 Å². The maximum atomic E-state index is 3.83. The predicted molar refractivity (Wildman–Crippen MR) is 79.8 cm³/mol. The summed E-state index contributed by atoms with van der Waals surface area (Å²) in [6, 6.07) is 0.756. The molecule has 0 saturated heterocycles. The molecule has 0 amide bonds. The summed E-state index contributed by atoms with van der Waals surface area (Å²) >= 11 is 0. The van der Waals surface area contributed by atoms with E-state index in [9.17, 15) is 0 Å². The largest absolute Gasteiger partial charge is 0.314 e. The quantitative estimate of drug-likeness (QED) is 0.685. The second-order valence-electron chi connectivity index (χ2n) is 6.79. The molecule has 1 heteroatoms. The molecule has 2 fully saturated rings. The van der Waals surface area contributed by atoms with Crippen molar-refractivity contribution < 1.29 is 0 Å². The molecule has 0 spiro atoms. The molecular weight excluding hydrogens is 218 g/mol. The van der Waals surface area contributed by atoms with Crippen molar-refractivity contribution in [2.24, 2.45) is 11.8 Å². The predicted octanol–water partition coefficient (Wildman–Crippen LogP) is 4.91. The molecule has 0 aliphatic heterocycles. The first kappa shape index (κ1) is 14.4. The minimum absolute atomic E-state index is 0.756. The van der Waals surface area contributed by atoms with E-state index in [-0.39, 0.29) is 0 Å². The van der Waals surface area contributed by atoms with Gasteiger partial charge in [-0.05, 0) is 44.6 Å². The van der Waals surface area contributed by atoms with Crippen molar-refractivity contribution in [1.82, 2.24) is 5.32 Å². The van der Waals surface area contributed by atoms with Crippen LogP contribution in [-0.4, -0.2) is 12.6 Å². The lowest BCUT2D eigenvalue weighted by Crippen LogP contribution is -2.34. The Morgan fingerprint density at radius 3 is 2.06 bits per heavy atom. The van der Waals surface area contributed by atoms with E-state index in [1.165, 1.54) is 83.6 Å². The Hall–Kier alpha value is -0.0400. The Labute approximate surface area is 114 Å². The zero-order chi connectivity index (χ0) is 12.6. The summed E-state index contributed by atoms with van der Waals surface area (Å²) in [5.41, 5.74) is 0. The number of nitrogens with one attached hydrogen (secondary N) is 1. The number of hydrogen-bond acceptors (Lipinski definition) is 1. The van der Waals surface area contributed by atoms with Crippen molar-refractivity contribution in [2.45, 2.75) is 90.0 Å². The van der Waals surface area contributed by atoms with Crippen LogP contribution >= 0.6 is 0 Å². The van der Waals surface area contributed by atoms with E-state index in [0.29, 0.717) is 0 Å². The molecular formula is C17H33N. The molecule has 2 aliphatic rings. The third-order valence-electron chi connectivity index (χ3n) is 5.35. The molecule has 1 atom stereocenters. The Balaban J connectivity index is 1.59. The molecule has 2 aliphatic carbocycles. The zero-order valence-corrected chi connectivity index (χ0v) is 12.4. The van der Waals surface area contributed by atoms with E-state index in [1.807, 2.05) is 0 Å². The van der Waals surface area contributed by atoms with E-state index >= 15 is 0 Å². The second kappa shape index (κ2) is 8.19. The Morgan fingerprint density at radius 2 is 1.39 bits per heavy atom. The zero-order valence-electron chi connectivity index (χ0n) is 12.4. The Bertz CT molecular complexity index is 200. The molecule has 0 aromatic carbocycles. The molecule has 0 bridgehead atoms. The van der Waals surface area contributed by atoms with Crippen LogP contribution in [0.4, 0.5) is 0 Å². The average Bonchev–Trinajstić information content (AvgIpc) is 2.69. The van der Waals surface area contributed by atoms with E-state index in [4.69, 9.17) is 0 Å². The van der Waals surface area contributed by atoms with Crippen LogP contribution in [0.25, 0.3) is 0 Å². The minimum Gasteiger partial charge on any atom is -0.314 e. The summed E-state index contributed by atoms with van der Waals surface area (Å²) in [5.74, 6) is 1.99. The van der Waals surface area contributed by atoms with Crippen LogP contribution in [0.15, 0.2) is 0 Å². The van der Waals surface area contributed by atoms with Gasteiger partial charge in [0, 0.05) is 6.04 Å². The number of hydrogen-bond donors (Lipinski definition) is 1. The first-order valence-corrected chi connectivity index (χ1v) is 8.59. The highest BCUT2D eigenvalue weighted by molar-refractivity contribution is 4.76. The highest BCUT2D eigenvalue weighted by Gasteiger charge is 2.19. The fraction of sp³-hybridized carbons (Fsp3) is 1.00. The molecule has 106 valence electrons. The third kappa shape index (κ3) is 4.91. The standard InChI is InChI=1S/C17H33N/c1-15(17-11-7-2-3-8-12-17)18-14-13-16-9-5-4-6-10-16/h15-18H,2-14H2,1H3/t15-/m0/s1. The smallest absolute Gasteiger partial charge is 0.00669 e. The summed E-state index contributed by atoms with van der Waals surface area (Å²) in [4.78, 5) is 0. The SMILES string of the molecule is C[C@H](NCCC1CCCCC1)C1CCCCCC1. The van der Waals surface area contributed by atoms with Crippen LogP contribution in [0.3, 0.4) is 0 Å². The maximum Gasteiger partial charge on any atom is 0.00669 e. The fourth-order valence-electron chi connectivity index (χ4n) is 3.97. The van der Waals surface area contributed by atoms with E-state index in [0.717, 1.165) is 17.9 Å². The topological polar surface area (TPSA) is 12.0 Å². The van der Waals surface area contributed by atoms with Gasteiger partial charge in [0.1, 0.15) is 0 Å². The van der Waals surface area contributed by atoms with Gasteiger partial charge in [-0.1, -0.05) is 57.8 Å². The van der Waals surface area contributed by atoms with Gasteiger partial charge in [0.15, 0.2) is 0 Å². The summed E-state index contributed by atoms with van der Waals surface area (Å²) in [6.07, 6.45) is 17.7. The monoisotopic (exact) mass is 251 g/mol. The van der Waals surface area contributed by atoms with Gasteiger partial charge in [0.25, 0.3) is 0 Å². The van der Waals surface area contributed by atoms with Crippen LogP contribution in [-0.2, 0) is 0 Å². The molecule has 0 heterocycles. The van der Waals surface area contributed by atoms with E-state index < -0.39 is 0 Å². The van der Waals surface area contributed by atoms with Gasteiger partial charge < -0.3 is 5.32 Å². The van der Waals surface area contributed by atoms with Gasteiger partial charge in [0.05, 0.1) is 0 Å². The molecule has 1 nitrogen and oxygen atoms in total. The molecule has 0 unspecified atom stereocenters. The first-order chi connectivity index (χ1) is 8.86. The molecule has 0 aromatic rings. The average molecular weight is 251 g/mol. The van der Waals surface area contributed by atoms with Crippen LogP contribution < -0.4 is 5.32 Å². The Morgan fingerprint density at radius 1 is 0.833 bits per heavy atom. The van der Waals surface area contributed by atoms with Crippen molar-refractivity contribution in [3.63, 3.8) is 0 Å². The van der Waals surface area contributed by atoms with Gasteiger partial charge in [-0.3, -0.25) is 0 Å². The van der Waals surface area contributed by atoms with E-state index in [1.54, 1.807) is 0 Å². The minimum atomic E-state index is 0.756. The highest BCUT2D eigenvalue weighted by atomic mass is 14.9. The second-order valence-corrected chi connectivity index (χ2v) is 6.79. The summed E-state index contributed by atoms with van der Waals surface area (Å²) in [6.45, 7) is 3.69. The molecule has 2 saturated carbocycles. The molecule has 0 radical (unpaired) electrons. The first-order valence-electron chi connectivity index (χ1n) is 8.59. The summed E-state index contributed by atoms with van der Waals surface area (Å²) < 4.78 is 0. The maximum absolute atomic E-state index is 3.83.